The van der Waals surface area contributed by atoms with E-state index in [4.69, 9.17) is 0 Å². The first-order valence-electron chi connectivity index (χ1n) is 9.97. The number of likely N-dealkylation sites (N-methyl/N-ethyl adjacent to an activating group) is 1. The van der Waals surface area contributed by atoms with Crippen LogP contribution in [-0.4, -0.2) is 86.7 Å². The minimum absolute atomic E-state index is 0.731. The summed E-state index contributed by atoms with van der Waals surface area (Å²) in [5.41, 5.74) is 0. The summed E-state index contributed by atoms with van der Waals surface area (Å²) in [5, 5.41) is 3.67. The molecule has 0 aromatic rings. The zero-order valence-corrected chi connectivity index (χ0v) is 15.6. The van der Waals surface area contributed by atoms with Crippen molar-refractivity contribution in [1.82, 2.24) is 20.0 Å². The van der Waals surface area contributed by atoms with Crippen molar-refractivity contribution in [3.05, 3.63) is 0 Å². The van der Waals surface area contributed by atoms with E-state index < -0.39 is 0 Å². The number of nitrogens with one attached hydrogen (secondary N) is 1. The van der Waals surface area contributed by atoms with Gasteiger partial charge in [0.05, 0.1) is 0 Å². The molecule has 3 fully saturated rings. The maximum absolute atomic E-state index is 3.67. The molecule has 0 aromatic heterocycles. The molecule has 0 aromatic carbocycles. The molecule has 3 atom stereocenters. The fourth-order valence-electron chi connectivity index (χ4n) is 5.04. The van der Waals surface area contributed by atoms with Crippen LogP contribution in [0.1, 0.15) is 39.0 Å². The quantitative estimate of drug-likeness (QED) is 0.851. The van der Waals surface area contributed by atoms with Crippen molar-refractivity contribution in [2.75, 3.05) is 59.9 Å². The Labute approximate surface area is 143 Å². The zero-order chi connectivity index (χ0) is 16.2. The van der Waals surface area contributed by atoms with Crippen molar-refractivity contribution in [2.45, 2.75) is 51.1 Å². The number of likely N-dealkylation sites (tertiary alicyclic amines) is 2. The van der Waals surface area contributed by atoms with Gasteiger partial charge in [-0.05, 0) is 84.2 Å². The van der Waals surface area contributed by atoms with Crippen molar-refractivity contribution >= 4 is 0 Å². The highest BCUT2D eigenvalue weighted by Crippen LogP contribution is 2.26. The molecule has 3 unspecified atom stereocenters. The molecule has 1 N–H and O–H groups in total. The summed E-state index contributed by atoms with van der Waals surface area (Å²) in [6, 6.07) is 1.52. The number of rotatable bonds is 4. The van der Waals surface area contributed by atoms with Crippen LogP contribution in [0.15, 0.2) is 0 Å². The van der Waals surface area contributed by atoms with Crippen LogP contribution in [-0.2, 0) is 0 Å². The predicted molar refractivity (Wildman–Crippen MR) is 97.9 cm³/mol. The Kier molecular flexibility index (Phi) is 6.36. The highest BCUT2D eigenvalue weighted by Gasteiger charge is 2.34. The normalized spacial score (nSPS) is 35.7. The Morgan fingerprint density at radius 1 is 1.09 bits per heavy atom. The average molecular weight is 323 g/mol. The fourth-order valence-corrected chi connectivity index (χ4v) is 5.04. The average Bonchev–Trinajstić information content (AvgIpc) is 2.55. The first-order valence-corrected chi connectivity index (χ1v) is 9.97. The molecule has 4 heteroatoms. The van der Waals surface area contributed by atoms with E-state index in [0.29, 0.717) is 0 Å². The van der Waals surface area contributed by atoms with Crippen LogP contribution in [0, 0.1) is 11.8 Å². The van der Waals surface area contributed by atoms with Crippen LogP contribution in [0.25, 0.3) is 0 Å². The van der Waals surface area contributed by atoms with Gasteiger partial charge in [0, 0.05) is 31.7 Å². The molecule has 23 heavy (non-hydrogen) atoms. The molecule has 3 aliphatic rings. The van der Waals surface area contributed by atoms with Crippen LogP contribution in [0.4, 0.5) is 0 Å². The fraction of sp³-hybridized carbons (Fsp3) is 1.00. The third kappa shape index (κ3) is 4.68. The van der Waals surface area contributed by atoms with E-state index in [1.54, 1.807) is 0 Å². The number of hydrogen-bond donors (Lipinski definition) is 1. The molecule has 0 saturated carbocycles. The predicted octanol–water partition coefficient (Wildman–Crippen LogP) is 1.72. The van der Waals surface area contributed by atoms with Gasteiger partial charge in [0.15, 0.2) is 0 Å². The molecule has 0 bridgehead atoms. The highest BCUT2D eigenvalue weighted by atomic mass is 15.2. The van der Waals surface area contributed by atoms with E-state index in [1.165, 1.54) is 77.9 Å². The maximum Gasteiger partial charge on any atom is 0.0261 e. The third-order valence-corrected chi connectivity index (χ3v) is 6.61. The van der Waals surface area contributed by atoms with Gasteiger partial charge in [-0.15, -0.1) is 0 Å². The standard InChI is InChI=1S/C19H38N4/c1-16-5-4-10-23(14-16)15-17-6-9-20-13-19(17)22(3)18-7-11-21(2)12-8-18/h16-20H,4-15H2,1-3H3. The van der Waals surface area contributed by atoms with Gasteiger partial charge in [0.2, 0.25) is 0 Å². The van der Waals surface area contributed by atoms with Gasteiger partial charge in [0.25, 0.3) is 0 Å². The molecule has 3 saturated heterocycles. The molecule has 0 radical (unpaired) electrons. The molecule has 3 aliphatic heterocycles. The summed E-state index contributed by atoms with van der Waals surface area (Å²) < 4.78 is 0. The second kappa shape index (κ2) is 8.28. The highest BCUT2D eigenvalue weighted by molar-refractivity contribution is 4.91. The number of nitrogens with zero attached hydrogens (tertiary/aromatic N) is 3. The molecular weight excluding hydrogens is 284 g/mol. The van der Waals surface area contributed by atoms with E-state index in [1.807, 2.05) is 0 Å². The van der Waals surface area contributed by atoms with Gasteiger partial charge in [0.1, 0.15) is 0 Å². The van der Waals surface area contributed by atoms with Crippen LogP contribution < -0.4 is 5.32 Å². The van der Waals surface area contributed by atoms with Gasteiger partial charge in [-0.1, -0.05) is 6.92 Å². The zero-order valence-electron chi connectivity index (χ0n) is 15.6. The molecule has 3 heterocycles. The van der Waals surface area contributed by atoms with Gasteiger partial charge >= 0.3 is 0 Å². The lowest BCUT2D eigenvalue weighted by Crippen LogP contribution is -2.57. The Bertz CT molecular complexity index is 353. The van der Waals surface area contributed by atoms with E-state index in [9.17, 15) is 0 Å². The molecular formula is C19H38N4. The topological polar surface area (TPSA) is 21.8 Å². The summed E-state index contributed by atoms with van der Waals surface area (Å²) in [6.07, 6.45) is 6.88. The molecule has 4 nitrogen and oxygen atoms in total. The minimum atomic E-state index is 0.731. The van der Waals surface area contributed by atoms with Gasteiger partial charge < -0.3 is 15.1 Å². The molecule has 0 spiro atoms. The van der Waals surface area contributed by atoms with E-state index >= 15 is 0 Å². The van der Waals surface area contributed by atoms with Gasteiger partial charge in [-0.3, -0.25) is 4.90 Å². The third-order valence-electron chi connectivity index (χ3n) is 6.61. The second-order valence-electron chi connectivity index (χ2n) is 8.53. The number of piperidine rings is 3. The summed E-state index contributed by atoms with van der Waals surface area (Å²) >= 11 is 0. The largest absolute Gasteiger partial charge is 0.315 e. The van der Waals surface area contributed by atoms with E-state index in [-0.39, 0.29) is 0 Å². The van der Waals surface area contributed by atoms with Crippen LogP contribution in [0.2, 0.25) is 0 Å². The van der Waals surface area contributed by atoms with E-state index in [0.717, 1.165) is 23.9 Å². The van der Waals surface area contributed by atoms with Crippen molar-refractivity contribution < 1.29 is 0 Å². The molecule has 134 valence electrons. The summed E-state index contributed by atoms with van der Waals surface area (Å²) in [4.78, 5) is 7.99. The van der Waals surface area contributed by atoms with Crippen LogP contribution >= 0.6 is 0 Å². The Balaban J connectivity index is 1.57. The molecule has 0 aliphatic carbocycles. The summed E-state index contributed by atoms with van der Waals surface area (Å²) in [7, 11) is 4.66. The first kappa shape index (κ1) is 17.7. The monoisotopic (exact) mass is 322 g/mol. The minimum Gasteiger partial charge on any atom is -0.315 e. The van der Waals surface area contributed by atoms with Crippen molar-refractivity contribution in [3.63, 3.8) is 0 Å². The van der Waals surface area contributed by atoms with Gasteiger partial charge in [-0.2, -0.15) is 0 Å². The van der Waals surface area contributed by atoms with Crippen LogP contribution in [0.5, 0.6) is 0 Å². The van der Waals surface area contributed by atoms with Crippen LogP contribution in [0.3, 0.4) is 0 Å². The Hall–Kier alpha value is -0.160. The Morgan fingerprint density at radius 3 is 2.61 bits per heavy atom. The van der Waals surface area contributed by atoms with Gasteiger partial charge in [-0.25, -0.2) is 0 Å². The van der Waals surface area contributed by atoms with Crippen molar-refractivity contribution in [3.8, 4) is 0 Å². The SMILES string of the molecule is CC1CCCN(CC2CCNCC2N(C)C2CCN(C)CC2)C1. The smallest absolute Gasteiger partial charge is 0.0261 e. The second-order valence-corrected chi connectivity index (χ2v) is 8.53. The summed E-state index contributed by atoms with van der Waals surface area (Å²) in [5.74, 6) is 1.75. The van der Waals surface area contributed by atoms with Crippen molar-refractivity contribution in [1.29, 1.82) is 0 Å². The lowest BCUT2D eigenvalue weighted by Gasteiger charge is -2.46. The maximum atomic E-state index is 3.67. The Morgan fingerprint density at radius 2 is 1.87 bits per heavy atom. The first-order chi connectivity index (χ1) is 11.1. The molecule has 0 amide bonds. The lowest BCUT2D eigenvalue weighted by molar-refractivity contribution is 0.0426. The number of hydrogen-bond acceptors (Lipinski definition) is 4. The van der Waals surface area contributed by atoms with E-state index in [2.05, 4.69) is 41.0 Å². The van der Waals surface area contributed by atoms with Crippen molar-refractivity contribution in [2.24, 2.45) is 11.8 Å². The molecule has 3 rings (SSSR count). The summed E-state index contributed by atoms with van der Waals surface area (Å²) in [6.45, 7) is 11.4. The lowest BCUT2D eigenvalue weighted by atomic mass is 9.88.